The first-order valence-corrected chi connectivity index (χ1v) is 7.04. The Morgan fingerprint density at radius 1 is 1.07 bits per heavy atom. The van der Waals surface area contributed by atoms with E-state index in [9.17, 15) is 9.46 Å². The highest BCUT2D eigenvalue weighted by Gasteiger charge is 2.40. The highest BCUT2D eigenvalue weighted by molar-refractivity contribution is 7.47. The van der Waals surface area contributed by atoms with E-state index in [4.69, 9.17) is 46.4 Å². The quantitative estimate of drug-likeness (QED) is 0.588. The fourth-order valence-corrected chi connectivity index (χ4v) is 2.50. The first kappa shape index (κ1) is 16.3. The topological polar surface area (TPSA) is 55.8 Å². The van der Waals surface area contributed by atoms with Crippen LogP contribution in [0, 0.1) is 0 Å². The summed E-state index contributed by atoms with van der Waals surface area (Å²) in [5, 5.41) is 0. The summed E-state index contributed by atoms with van der Waals surface area (Å²) in [4.78, 5) is 9.22. The van der Waals surface area contributed by atoms with Gasteiger partial charge in [0.2, 0.25) is 9.04 Å². The minimum absolute atomic E-state index is 0.0910. The van der Waals surface area contributed by atoms with Crippen molar-refractivity contribution in [1.29, 1.82) is 0 Å². The number of halogens is 4. The zero-order chi connectivity index (χ0) is 12.3. The zero-order valence-corrected chi connectivity index (χ0v) is 12.0. The Morgan fingerprint density at radius 3 is 1.53 bits per heavy atom. The number of hydrogen-bond acceptors (Lipinski definition) is 3. The number of alkyl halides is 4. The highest BCUT2D eigenvalue weighted by atomic mass is 35.5. The molecule has 0 saturated carbocycles. The maximum atomic E-state index is 11.3. The van der Waals surface area contributed by atoms with Gasteiger partial charge in [-0.2, -0.15) is 0 Å². The zero-order valence-electron chi connectivity index (χ0n) is 8.05. The monoisotopic (exact) mass is 318 g/mol. The highest BCUT2D eigenvalue weighted by Crippen LogP contribution is 2.55. The first-order chi connectivity index (χ1) is 6.54. The summed E-state index contributed by atoms with van der Waals surface area (Å²) in [5.41, 5.74) is 0. The maximum absolute atomic E-state index is 11.3. The molecule has 0 aliphatic carbocycles. The normalized spacial score (nSPS) is 14.3. The molecule has 15 heavy (non-hydrogen) atoms. The van der Waals surface area contributed by atoms with Crippen LogP contribution >= 0.6 is 54.2 Å². The van der Waals surface area contributed by atoms with Crippen molar-refractivity contribution >= 4 is 54.2 Å². The van der Waals surface area contributed by atoms with Gasteiger partial charge < -0.3 is 4.89 Å². The molecule has 0 aliphatic heterocycles. The molecule has 0 aromatic heterocycles. The fraction of sp³-hybridized carbons (Fsp3) is 1.00. The van der Waals surface area contributed by atoms with Crippen molar-refractivity contribution in [3.63, 3.8) is 0 Å². The molecule has 4 nitrogen and oxygen atoms in total. The molecule has 0 rings (SSSR count). The maximum Gasteiger partial charge on any atom is 0.477 e. The third-order valence-corrected chi connectivity index (χ3v) is 4.21. The van der Waals surface area contributed by atoms with Crippen LogP contribution in [0.1, 0.15) is 26.7 Å². The fourth-order valence-electron chi connectivity index (χ4n) is 0.485. The molecule has 9 heteroatoms. The Kier molecular flexibility index (Phi) is 6.23. The van der Waals surface area contributed by atoms with E-state index in [0.717, 1.165) is 0 Å². The summed E-state index contributed by atoms with van der Waals surface area (Å²) in [6.45, 7) is 3.13. The predicted octanol–water partition coefficient (Wildman–Crippen LogP) is 4.20. The van der Waals surface area contributed by atoms with Crippen LogP contribution in [0.3, 0.4) is 0 Å². The Hall–Kier alpha value is 1.27. The first-order valence-electron chi connectivity index (χ1n) is 4.03. The van der Waals surface area contributed by atoms with E-state index in [0.29, 0.717) is 0 Å². The van der Waals surface area contributed by atoms with E-state index in [1.54, 1.807) is 13.8 Å². The SMILES string of the molecule is CCC(Cl)(Cl)OP(=O)(O)OC(Cl)(Cl)CC. The van der Waals surface area contributed by atoms with E-state index >= 15 is 0 Å². The summed E-state index contributed by atoms with van der Waals surface area (Å²) in [6, 6.07) is 0. The molecular weight excluding hydrogens is 309 g/mol. The molecule has 0 fully saturated rings. The molecule has 1 N–H and O–H groups in total. The minimum Gasteiger partial charge on any atom is -0.302 e. The Morgan fingerprint density at radius 2 is 1.33 bits per heavy atom. The second-order valence-electron chi connectivity index (χ2n) is 2.63. The second-order valence-corrected chi connectivity index (χ2v) is 6.76. The van der Waals surface area contributed by atoms with E-state index in [1.165, 1.54) is 0 Å². The molecular formula is C6H11Cl4O4P. The number of hydrogen-bond donors (Lipinski definition) is 1. The lowest BCUT2D eigenvalue weighted by molar-refractivity contribution is 0.0951. The molecule has 0 aromatic rings. The van der Waals surface area contributed by atoms with Gasteiger partial charge in [-0.1, -0.05) is 60.3 Å². The van der Waals surface area contributed by atoms with Gasteiger partial charge in [0.25, 0.3) is 0 Å². The van der Waals surface area contributed by atoms with Gasteiger partial charge in [0.15, 0.2) is 0 Å². The Bertz CT molecular complexity index is 236. The summed E-state index contributed by atoms with van der Waals surface area (Å²) >= 11 is 22.1. The minimum atomic E-state index is -4.50. The van der Waals surface area contributed by atoms with Crippen molar-refractivity contribution in [3.8, 4) is 0 Å². The predicted molar refractivity (Wildman–Crippen MR) is 61.5 cm³/mol. The van der Waals surface area contributed by atoms with Gasteiger partial charge in [-0.3, -0.25) is 0 Å². The Labute approximate surface area is 108 Å². The lowest BCUT2D eigenvalue weighted by Gasteiger charge is -2.25. The number of phosphoric acid groups is 1. The van der Waals surface area contributed by atoms with Gasteiger partial charge in [-0.05, 0) is 0 Å². The molecule has 0 spiro atoms. The van der Waals surface area contributed by atoms with Crippen LogP contribution in [0.2, 0.25) is 0 Å². The molecule has 0 aliphatic rings. The summed E-state index contributed by atoms with van der Waals surface area (Å²) < 4.78 is 16.6. The summed E-state index contributed by atoms with van der Waals surface area (Å²) in [5.74, 6) is 0. The van der Waals surface area contributed by atoms with Crippen LogP contribution in [0.5, 0.6) is 0 Å². The van der Waals surface area contributed by atoms with Crippen LogP contribution in [-0.4, -0.2) is 13.9 Å². The number of rotatable bonds is 6. The number of phosphoric ester groups is 1. The molecule has 0 amide bonds. The van der Waals surface area contributed by atoms with Crippen molar-refractivity contribution in [2.45, 2.75) is 35.7 Å². The molecule has 0 saturated heterocycles. The average Bonchev–Trinajstić information content (AvgIpc) is 2.00. The van der Waals surface area contributed by atoms with Gasteiger partial charge in [-0.25, -0.2) is 13.6 Å². The van der Waals surface area contributed by atoms with Crippen LogP contribution in [-0.2, 0) is 13.6 Å². The molecule has 0 unspecified atom stereocenters. The van der Waals surface area contributed by atoms with Crippen LogP contribution in [0.25, 0.3) is 0 Å². The van der Waals surface area contributed by atoms with E-state index in [-0.39, 0.29) is 12.8 Å². The van der Waals surface area contributed by atoms with Gasteiger partial charge >= 0.3 is 7.82 Å². The molecule has 0 radical (unpaired) electrons. The molecule has 0 aromatic carbocycles. The lowest BCUT2D eigenvalue weighted by atomic mass is 10.5. The van der Waals surface area contributed by atoms with Gasteiger partial charge in [0.1, 0.15) is 0 Å². The molecule has 92 valence electrons. The van der Waals surface area contributed by atoms with Gasteiger partial charge in [0, 0.05) is 12.8 Å². The van der Waals surface area contributed by atoms with Crippen molar-refractivity contribution in [1.82, 2.24) is 0 Å². The average molecular weight is 320 g/mol. The van der Waals surface area contributed by atoms with Gasteiger partial charge in [-0.15, -0.1) is 0 Å². The van der Waals surface area contributed by atoms with Crippen LogP contribution < -0.4 is 0 Å². The molecule has 0 atom stereocenters. The van der Waals surface area contributed by atoms with Crippen LogP contribution in [0.4, 0.5) is 0 Å². The van der Waals surface area contributed by atoms with E-state index in [1.807, 2.05) is 0 Å². The summed E-state index contributed by atoms with van der Waals surface area (Å²) in [7, 11) is -4.50. The smallest absolute Gasteiger partial charge is 0.302 e. The third-order valence-electron chi connectivity index (χ3n) is 1.32. The lowest BCUT2D eigenvalue weighted by Crippen LogP contribution is -2.20. The molecule has 0 heterocycles. The standard InChI is InChI=1S/C6H11Cl4O4P/c1-3-5(7,8)13-15(11,12)14-6(9,10)4-2/h3-4H2,1-2H3,(H,11,12). The largest absolute Gasteiger partial charge is 0.477 e. The summed E-state index contributed by atoms with van der Waals surface area (Å²) in [6.07, 6.45) is 0.182. The Balaban J connectivity index is 4.51. The van der Waals surface area contributed by atoms with Crippen molar-refractivity contribution in [2.24, 2.45) is 0 Å². The van der Waals surface area contributed by atoms with E-state index in [2.05, 4.69) is 9.05 Å². The second kappa shape index (κ2) is 5.74. The van der Waals surface area contributed by atoms with Crippen LogP contribution in [0.15, 0.2) is 0 Å². The van der Waals surface area contributed by atoms with Crippen molar-refractivity contribution in [2.75, 3.05) is 0 Å². The van der Waals surface area contributed by atoms with E-state index < -0.39 is 16.9 Å². The van der Waals surface area contributed by atoms with Crippen molar-refractivity contribution < 1.29 is 18.5 Å². The van der Waals surface area contributed by atoms with Gasteiger partial charge in [0.05, 0.1) is 0 Å². The molecule has 0 bridgehead atoms. The third kappa shape index (κ3) is 7.24. The van der Waals surface area contributed by atoms with Crippen molar-refractivity contribution in [3.05, 3.63) is 0 Å².